The molecule has 7 heteroatoms. The maximum absolute atomic E-state index is 11.1. The molecule has 0 aromatic rings. The molecule has 0 unspecified atom stereocenters. The van der Waals surface area contributed by atoms with Gasteiger partial charge in [0.15, 0.2) is 5.96 Å². The van der Waals surface area contributed by atoms with E-state index < -0.39 is 0 Å². The van der Waals surface area contributed by atoms with Gasteiger partial charge in [-0.3, -0.25) is 9.79 Å². The summed E-state index contributed by atoms with van der Waals surface area (Å²) < 4.78 is 5.13. The highest BCUT2D eigenvalue weighted by atomic mass is 127. The van der Waals surface area contributed by atoms with Gasteiger partial charge in [-0.15, -0.1) is 24.0 Å². The molecule has 1 spiro atoms. The Kier molecular flexibility index (Phi) is 11.2. The van der Waals surface area contributed by atoms with E-state index in [4.69, 9.17) is 4.99 Å². The van der Waals surface area contributed by atoms with Crippen LogP contribution in [-0.4, -0.2) is 60.6 Å². The lowest BCUT2D eigenvalue weighted by Gasteiger charge is -2.45. The van der Waals surface area contributed by atoms with Crippen molar-refractivity contribution in [1.29, 1.82) is 0 Å². The zero-order chi connectivity index (χ0) is 17.3. The highest BCUT2D eigenvalue weighted by Crippen LogP contribution is 2.42. The molecule has 1 saturated carbocycles. The van der Waals surface area contributed by atoms with Crippen molar-refractivity contribution in [2.75, 3.05) is 39.0 Å². The van der Waals surface area contributed by atoms with Crippen molar-refractivity contribution in [2.24, 2.45) is 4.99 Å². The van der Waals surface area contributed by atoms with E-state index in [1.807, 2.05) is 0 Å². The minimum atomic E-state index is -0.127. The number of ether oxygens (including phenoxy) is 1. The van der Waals surface area contributed by atoms with Crippen molar-refractivity contribution >= 4 is 47.7 Å². The molecule has 2 fully saturated rings. The molecule has 0 amide bonds. The predicted molar refractivity (Wildman–Crippen MR) is 117 cm³/mol. The number of carbonyl (C=O) groups is 1. The minimum absolute atomic E-state index is 0. The van der Waals surface area contributed by atoms with Crippen LogP contribution < -0.4 is 5.32 Å². The topological polar surface area (TPSA) is 53.9 Å². The second-order valence-electron chi connectivity index (χ2n) is 6.78. The molecule has 1 heterocycles. The van der Waals surface area contributed by atoms with Crippen LogP contribution in [-0.2, 0) is 9.53 Å². The summed E-state index contributed by atoms with van der Waals surface area (Å²) in [5.74, 6) is 2.13. The van der Waals surface area contributed by atoms with Crippen LogP contribution in [0.3, 0.4) is 0 Å². The molecule has 2 aliphatic rings. The Morgan fingerprint density at radius 2 is 2.04 bits per heavy atom. The van der Waals surface area contributed by atoms with Gasteiger partial charge in [-0.05, 0) is 32.6 Å². The van der Waals surface area contributed by atoms with E-state index in [2.05, 4.69) is 33.6 Å². The summed E-state index contributed by atoms with van der Waals surface area (Å²) >= 11 is 2.19. The van der Waals surface area contributed by atoms with Crippen molar-refractivity contribution in [3.63, 3.8) is 0 Å². The zero-order valence-electron chi connectivity index (χ0n) is 15.7. The summed E-state index contributed by atoms with van der Waals surface area (Å²) in [7, 11) is 1.44. The molecular formula is C18H34IN3O2S. The number of thioether (sulfide) groups is 1. The van der Waals surface area contributed by atoms with Crippen LogP contribution in [0.5, 0.6) is 0 Å². The number of unbranched alkanes of at least 4 members (excludes halogenated alkanes) is 1. The van der Waals surface area contributed by atoms with Crippen molar-refractivity contribution in [1.82, 2.24) is 10.2 Å². The molecular weight excluding hydrogens is 449 g/mol. The van der Waals surface area contributed by atoms with E-state index >= 15 is 0 Å². The molecule has 0 bridgehead atoms. The van der Waals surface area contributed by atoms with Gasteiger partial charge in [-0.25, -0.2) is 0 Å². The van der Waals surface area contributed by atoms with Gasteiger partial charge in [0, 0.05) is 43.1 Å². The fourth-order valence-corrected chi connectivity index (χ4v) is 5.19. The number of hydrogen-bond donors (Lipinski definition) is 1. The largest absolute Gasteiger partial charge is 0.469 e. The summed E-state index contributed by atoms with van der Waals surface area (Å²) in [6.07, 6.45) is 9.12. The number of nitrogens with one attached hydrogen (secondary N) is 1. The van der Waals surface area contributed by atoms with Gasteiger partial charge in [0.2, 0.25) is 0 Å². The van der Waals surface area contributed by atoms with E-state index in [1.54, 1.807) is 0 Å². The van der Waals surface area contributed by atoms with Gasteiger partial charge in [-0.1, -0.05) is 19.3 Å². The Hall–Kier alpha value is -0.180. The third-order valence-corrected chi connectivity index (χ3v) is 6.46. The standard InChI is InChI=1S/C18H33N3O2S.HI/c1-3-19-17(20-12-8-5-9-16(22)23-2)21-13-14-24-18(15-21)10-6-4-7-11-18;/h3-15H2,1-2H3,(H,19,20);1H. The number of methoxy groups -OCH3 is 1. The number of guanidine groups is 1. The monoisotopic (exact) mass is 483 g/mol. The highest BCUT2D eigenvalue weighted by Gasteiger charge is 2.38. The first-order valence-electron chi connectivity index (χ1n) is 9.43. The molecule has 1 saturated heterocycles. The van der Waals surface area contributed by atoms with Crippen LogP contribution in [0, 0.1) is 0 Å². The summed E-state index contributed by atoms with van der Waals surface area (Å²) in [5.41, 5.74) is 0. The Morgan fingerprint density at radius 1 is 1.28 bits per heavy atom. The third-order valence-electron chi connectivity index (χ3n) is 4.93. The molecule has 0 radical (unpaired) electrons. The molecule has 146 valence electrons. The van der Waals surface area contributed by atoms with E-state index in [0.717, 1.165) is 45.0 Å². The van der Waals surface area contributed by atoms with E-state index in [-0.39, 0.29) is 29.9 Å². The van der Waals surface area contributed by atoms with E-state index in [0.29, 0.717) is 11.2 Å². The number of hydrogen-bond acceptors (Lipinski definition) is 4. The number of rotatable bonds is 6. The Labute approximate surface area is 174 Å². The molecule has 0 aromatic carbocycles. The van der Waals surface area contributed by atoms with E-state index in [9.17, 15) is 4.79 Å². The van der Waals surface area contributed by atoms with Crippen molar-refractivity contribution in [3.05, 3.63) is 0 Å². The van der Waals surface area contributed by atoms with Gasteiger partial charge in [0.1, 0.15) is 0 Å². The summed E-state index contributed by atoms with van der Waals surface area (Å²) in [6, 6.07) is 0. The average Bonchev–Trinajstić information content (AvgIpc) is 2.61. The molecule has 1 aliphatic carbocycles. The average molecular weight is 483 g/mol. The molecule has 25 heavy (non-hydrogen) atoms. The lowest BCUT2D eigenvalue weighted by atomic mass is 9.87. The number of carbonyl (C=O) groups excluding carboxylic acids is 1. The smallest absolute Gasteiger partial charge is 0.305 e. The number of aliphatic imine (C=N–C) groups is 1. The number of halogens is 1. The predicted octanol–water partition coefficient (Wildman–Crippen LogP) is 3.66. The van der Waals surface area contributed by atoms with Gasteiger partial charge in [-0.2, -0.15) is 11.8 Å². The maximum atomic E-state index is 11.1. The third kappa shape index (κ3) is 7.53. The van der Waals surface area contributed by atoms with Gasteiger partial charge in [0.25, 0.3) is 0 Å². The summed E-state index contributed by atoms with van der Waals surface area (Å²) in [5, 5.41) is 3.46. The van der Waals surface area contributed by atoms with Gasteiger partial charge in [0.05, 0.1) is 7.11 Å². The van der Waals surface area contributed by atoms with Gasteiger partial charge >= 0.3 is 5.97 Å². The molecule has 0 atom stereocenters. The fraction of sp³-hybridized carbons (Fsp3) is 0.889. The minimum Gasteiger partial charge on any atom is -0.469 e. The van der Waals surface area contributed by atoms with Crippen LogP contribution in [0.1, 0.15) is 58.3 Å². The fourth-order valence-electron chi connectivity index (χ4n) is 3.62. The maximum Gasteiger partial charge on any atom is 0.305 e. The van der Waals surface area contributed by atoms with Crippen molar-refractivity contribution < 1.29 is 9.53 Å². The first-order chi connectivity index (χ1) is 11.7. The highest BCUT2D eigenvalue weighted by molar-refractivity contribution is 14.0. The van der Waals surface area contributed by atoms with Gasteiger partial charge < -0.3 is 15.0 Å². The lowest BCUT2D eigenvalue weighted by molar-refractivity contribution is -0.140. The quantitative estimate of drug-likeness (QED) is 0.206. The van der Waals surface area contributed by atoms with Crippen LogP contribution in [0.4, 0.5) is 0 Å². The molecule has 2 rings (SSSR count). The Bertz CT molecular complexity index is 423. The number of nitrogens with zero attached hydrogens (tertiary/aromatic N) is 2. The Morgan fingerprint density at radius 3 is 2.72 bits per heavy atom. The molecule has 5 nitrogen and oxygen atoms in total. The van der Waals surface area contributed by atoms with E-state index in [1.165, 1.54) is 45.0 Å². The number of esters is 1. The second kappa shape index (κ2) is 12.3. The summed E-state index contributed by atoms with van der Waals surface area (Å²) in [6.45, 7) is 6.02. The molecule has 1 N–H and O–H groups in total. The van der Waals surface area contributed by atoms with Crippen LogP contribution >= 0.6 is 35.7 Å². The lowest BCUT2D eigenvalue weighted by Crippen LogP contribution is -2.53. The van der Waals surface area contributed by atoms with Crippen LogP contribution in [0.25, 0.3) is 0 Å². The molecule has 0 aromatic heterocycles. The van der Waals surface area contributed by atoms with Crippen LogP contribution in [0.2, 0.25) is 0 Å². The first-order valence-corrected chi connectivity index (χ1v) is 10.4. The second-order valence-corrected chi connectivity index (χ2v) is 8.35. The van der Waals surface area contributed by atoms with Crippen LogP contribution in [0.15, 0.2) is 4.99 Å². The first kappa shape index (κ1) is 22.9. The normalized spacial score (nSPS) is 20.1. The summed E-state index contributed by atoms with van der Waals surface area (Å²) in [4.78, 5) is 18.4. The molecule has 1 aliphatic heterocycles. The van der Waals surface area contributed by atoms with Crippen molar-refractivity contribution in [3.8, 4) is 0 Å². The zero-order valence-corrected chi connectivity index (χ0v) is 18.9. The SMILES string of the molecule is CCNC(=NCCCCC(=O)OC)N1CCSC2(CCCCC2)C1.I. The van der Waals surface area contributed by atoms with Crippen molar-refractivity contribution in [2.45, 2.75) is 63.0 Å². The Balaban J connectivity index is 0.00000312.